The Hall–Kier alpha value is -3.57. The monoisotopic (exact) mass is 408 g/mol. The first-order valence-electron chi connectivity index (χ1n) is 8.41. The SMILES string of the molecule is CCOC(=O)Cn1nnc(-c2cncnc2Cc2ccc(OC(F)(F)F)cc2)n1. The molecule has 1 aromatic carbocycles. The lowest BCUT2D eigenvalue weighted by Gasteiger charge is -2.09. The minimum atomic E-state index is -4.75. The highest BCUT2D eigenvalue weighted by Gasteiger charge is 2.31. The normalized spacial score (nSPS) is 11.3. The van der Waals surface area contributed by atoms with Crippen molar-refractivity contribution in [2.75, 3.05) is 6.61 Å². The quantitative estimate of drug-likeness (QED) is 0.548. The number of hydrogen-bond acceptors (Lipinski definition) is 8. The van der Waals surface area contributed by atoms with Crippen LogP contribution in [0.2, 0.25) is 0 Å². The predicted molar refractivity (Wildman–Crippen MR) is 91.4 cm³/mol. The van der Waals surface area contributed by atoms with Gasteiger partial charge in [-0.1, -0.05) is 12.1 Å². The summed E-state index contributed by atoms with van der Waals surface area (Å²) < 4.78 is 45.5. The van der Waals surface area contributed by atoms with Crippen molar-refractivity contribution in [3.05, 3.63) is 48.0 Å². The van der Waals surface area contributed by atoms with E-state index < -0.39 is 12.3 Å². The summed E-state index contributed by atoms with van der Waals surface area (Å²) in [5, 5.41) is 11.8. The number of hydrogen-bond donors (Lipinski definition) is 0. The predicted octanol–water partition coefficient (Wildman–Crippen LogP) is 2.18. The Bertz CT molecular complexity index is 975. The third-order valence-corrected chi connectivity index (χ3v) is 3.59. The first-order valence-corrected chi connectivity index (χ1v) is 8.41. The van der Waals surface area contributed by atoms with Gasteiger partial charge in [-0.2, -0.15) is 4.80 Å². The number of halogens is 3. The summed E-state index contributed by atoms with van der Waals surface area (Å²) >= 11 is 0. The van der Waals surface area contributed by atoms with Crippen molar-refractivity contribution in [2.24, 2.45) is 0 Å². The van der Waals surface area contributed by atoms with E-state index in [2.05, 4.69) is 30.1 Å². The van der Waals surface area contributed by atoms with Gasteiger partial charge in [-0.25, -0.2) is 14.8 Å². The van der Waals surface area contributed by atoms with E-state index in [1.165, 1.54) is 36.8 Å². The molecule has 12 heteroatoms. The first-order chi connectivity index (χ1) is 13.8. The zero-order valence-electron chi connectivity index (χ0n) is 15.1. The molecule has 3 aromatic rings. The molecule has 0 atom stereocenters. The van der Waals surface area contributed by atoms with Gasteiger partial charge >= 0.3 is 12.3 Å². The molecule has 0 aliphatic carbocycles. The molecule has 0 aliphatic rings. The van der Waals surface area contributed by atoms with E-state index in [0.717, 1.165) is 4.80 Å². The van der Waals surface area contributed by atoms with E-state index in [1.54, 1.807) is 6.92 Å². The number of aromatic nitrogens is 6. The van der Waals surface area contributed by atoms with Gasteiger partial charge in [0.1, 0.15) is 12.1 Å². The van der Waals surface area contributed by atoms with Crippen LogP contribution in [-0.4, -0.2) is 49.1 Å². The minimum Gasteiger partial charge on any atom is -0.465 e. The van der Waals surface area contributed by atoms with E-state index in [0.29, 0.717) is 16.8 Å². The van der Waals surface area contributed by atoms with Gasteiger partial charge in [0.15, 0.2) is 6.54 Å². The van der Waals surface area contributed by atoms with Crippen molar-refractivity contribution < 1.29 is 27.4 Å². The molecule has 9 nitrogen and oxygen atoms in total. The number of alkyl halides is 3. The van der Waals surface area contributed by atoms with Crippen LogP contribution < -0.4 is 4.74 Å². The second-order valence-corrected chi connectivity index (χ2v) is 5.70. The highest BCUT2D eigenvalue weighted by atomic mass is 19.4. The van der Waals surface area contributed by atoms with Gasteiger partial charge < -0.3 is 9.47 Å². The van der Waals surface area contributed by atoms with E-state index in [9.17, 15) is 18.0 Å². The van der Waals surface area contributed by atoms with Crippen molar-refractivity contribution in [1.82, 2.24) is 30.2 Å². The summed E-state index contributed by atoms with van der Waals surface area (Å²) in [6.45, 7) is 1.74. The molecular weight excluding hydrogens is 393 g/mol. The molecule has 0 bridgehead atoms. The topological polar surface area (TPSA) is 105 Å². The van der Waals surface area contributed by atoms with Crippen molar-refractivity contribution in [1.29, 1.82) is 0 Å². The maximum absolute atomic E-state index is 12.3. The summed E-state index contributed by atoms with van der Waals surface area (Å²) in [5.41, 5.74) is 1.72. The number of esters is 1. The summed E-state index contributed by atoms with van der Waals surface area (Å²) in [6.07, 6.45) is -1.63. The minimum absolute atomic E-state index is 0.190. The molecule has 29 heavy (non-hydrogen) atoms. The van der Waals surface area contributed by atoms with Crippen LogP contribution in [0.25, 0.3) is 11.4 Å². The number of rotatable bonds is 7. The molecule has 0 fully saturated rings. The van der Waals surface area contributed by atoms with Gasteiger partial charge in [0.05, 0.1) is 17.9 Å². The first kappa shape index (κ1) is 20.2. The maximum Gasteiger partial charge on any atom is 0.573 e. The van der Waals surface area contributed by atoms with Gasteiger partial charge in [-0.3, -0.25) is 0 Å². The fourth-order valence-corrected chi connectivity index (χ4v) is 2.43. The van der Waals surface area contributed by atoms with E-state index in [4.69, 9.17) is 4.74 Å². The average molecular weight is 408 g/mol. The third kappa shape index (κ3) is 5.70. The fraction of sp³-hybridized carbons (Fsp3) is 0.294. The van der Waals surface area contributed by atoms with Crippen LogP contribution in [-0.2, 0) is 22.5 Å². The van der Waals surface area contributed by atoms with Gasteiger partial charge in [0.25, 0.3) is 0 Å². The van der Waals surface area contributed by atoms with Crippen LogP contribution in [0.1, 0.15) is 18.2 Å². The highest BCUT2D eigenvalue weighted by Crippen LogP contribution is 2.24. The number of nitrogens with zero attached hydrogens (tertiary/aromatic N) is 6. The van der Waals surface area contributed by atoms with E-state index in [1.807, 2.05) is 0 Å². The summed E-state index contributed by atoms with van der Waals surface area (Å²) in [7, 11) is 0. The van der Waals surface area contributed by atoms with E-state index >= 15 is 0 Å². The Kier molecular flexibility index (Phi) is 6.00. The van der Waals surface area contributed by atoms with Crippen molar-refractivity contribution in [3.63, 3.8) is 0 Å². The Morgan fingerprint density at radius 1 is 1.21 bits per heavy atom. The van der Waals surface area contributed by atoms with Crippen LogP contribution in [0.5, 0.6) is 5.75 Å². The second kappa shape index (κ2) is 8.63. The molecule has 0 spiro atoms. The lowest BCUT2D eigenvalue weighted by Crippen LogP contribution is -2.17. The number of benzene rings is 1. The number of carbonyl (C=O) groups is 1. The van der Waals surface area contributed by atoms with Crippen LogP contribution in [0, 0.1) is 0 Å². The van der Waals surface area contributed by atoms with Gasteiger partial charge in [-0.15, -0.1) is 23.4 Å². The molecule has 152 valence electrons. The lowest BCUT2D eigenvalue weighted by molar-refractivity contribution is -0.274. The molecule has 0 N–H and O–H groups in total. The van der Waals surface area contributed by atoms with Crippen molar-refractivity contribution >= 4 is 5.97 Å². The molecule has 3 rings (SSSR count). The molecule has 0 radical (unpaired) electrons. The van der Waals surface area contributed by atoms with Crippen LogP contribution >= 0.6 is 0 Å². The average Bonchev–Trinajstić information content (AvgIpc) is 3.11. The number of carbonyl (C=O) groups excluding carboxylic acids is 1. The fourth-order valence-electron chi connectivity index (χ4n) is 2.43. The lowest BCUT2D eigenvalue weighted by atomic mass is 10.1. The number of ether oxygens (including phenoxy) is 2. The Morgan fingerprint density at radius 2 is 1.97 bits per heavy atom. The molecule has 0 amide bonds. The van der Waals surface area contributed by atoms with Crippen LogP contribution in [0.15, 0.2) is 36.8 Å². The van der Waals surface area contributed by atoms with Gasteiger partial charge in [0, 0.05) is 12.6 Å². The number of tetrazole rings is 1. The van der Waals surface area contributed by atoms with Gasteiger partial charge in [-0.05, 0) is 29.8 Å². The molecule has 0 aliphatic heterocycles. The zero-order valence-corrected chi connectivity index (χ0v) is 15.1. The van der Waals surface area contributed by atoms with Crippen LogP contribution in [0.3, 0.4) is 0 Å². The molecule has 0 saturated carbocycles. The summed E-state index contributed by atoms with van der Waals surface area (Å²) in [5.74, 6) is -0.600. The smallest absolute Gasteiger partial charge is 0.465 e. The maximum atomic E-state index is 12.3. The molecule has 0 saturated heterocycles. The van der Waals surface area contributed by atoms with Crippen molar-refractivity contribution in [3.8, 4) is 17.1 Å². The van der Waals surface area contributed by atoms with Gasteiger partial charge in [0.2, 0.25) is 5.82 Å². The Labute approximate surface area is 162 Å². The molecular formula is C17H15F3N6O3. The molecule has 0 unspecified atom stereocenters. The Morgan fingerprint density at radius 3 is 2.66 bits per heavy atom. The zero-order chi connectivity index (χ0) is 20.9. The van der Waals surface area contributed by atoms with E-state index in [-0.39, 0.29) is 31.1 Å². The largest absolute Gasteiger partial charge is 0.573 e. The Balaban J connectivity index is 1.76. The molecule has 2 aromatic heterocycles. The van der Waals surface area contributed by atoms with Crippen LogP contribution in [0.4, 0.5) is 13.2 Å². The summed E-state index contributed by atoms with van der Waals surface area (Å²) in [4.78, 5) is 20.8. The molecule has 2 heterocycles. The summed E-state index contributed by atoms with van der Waals surface area (Å²) in [6, 6.07) is 5.44. The standard InChI is InChI=1S/C17H15F3N6O3/c1-2-28-15(27)9-26-24-16(23-25-26)13-8-21-10-22-14(13)7-11-3-5-12(6-4-11)29-17(18,19)20/h3-6,8,10H,2,7,9H2,1H3. The van der Waals surface area contributed by atoms with Crippen molar-refractivity contribution in [2.45, 2.75) is 26.3 Å². The highest BCUT2D eigenvalue weighted by molar-refractivity contribution is 5.68. The second-order valence-electron chi connectivity index (χ2n) is 5.70. The third-order valence-electron chi connectivity index (χ3n) is 3.59.